The van der Waals surface area contributed by atoms with Crippen molar-refractivity contribution in [3.8, 4) is 5.75 Å². The predicted molar refractivity (Wildman–Crippen MR) is 164 cm³/mol. The summed E-state index contributed by atoms with van der Waals surface area (Å²) in [5, 5.41) is 14.9. The largest absolute Gasteiger partial charge is 0.505 e. The minimum atomic E-state index is -1.30. The third kappa shape index (κ3) is 7.19. The van der Waals surface area contributed by atoms with Crippen molar-refractivity contribution in [3.63, 3.8) is 0 Å². The molecule has 0 bridgehead atoms. The molecule has 1 fully saturated rings. The maximum atomic E-state index is 14.0. The van der Waals surface area contributed by atoms with E-state index < -0.39 is 60.3 Å². The van der Waals surface area contributed by atoms with Gasteiger partial charge in [-0.1, -0.05) is 65.7 Å². The van der Waals surface area contributed by atoms with Gasteiger partial charge in [0.25, 0.3) is 11.8 Å². The lowest BCUT2D eigenvalue weighted by atomic mass is 10.1. The van der Waals surface area contributed by atoms with Crippen molar-refractivity contribution in [2.45, 2.75) is 38.3 Å². The summed E-state index contributed by atoms with van der Waals surface area (Å²) >= 11 is 12.0. The van der Waals surface area contributed by atoms with Crippen LogP contribution in [0.3, 0.4) is 0 Å². The number of amides is 4. The molecule has 5 rings (SSSR count). The van der Waals surface area contributed by atoms with E-state index in [2.05, 4.69) is 10.6 Å². The number of carbonyl (C=O) groups excluding carboxylic acids is 5. The van der Waals surface area contributed by atoms with Gasteiger partial charge < -0.3 is 30.1 Å². The van der Waals surface area contributed by atoms with Crippen LogP contribution in [0.15, 0.2) is 66.7 Å². The van der Waals surface area contributed by atoms with Crippen LogP contribution in [0.1, 0.15) is 29.3 Å². The zero-order chi connectivity index (χ0) is 32.2. The van der Waals surface area contributed by atoms with Crippen LogP contribution < -0.4 is 20.4 Å². The predicted octanol–water partition coefficient (Wildman–Crippen LogP) is 3.17. The minimum absolute atomic E-state index is 0.0384. The number of cyclic esters (lactones) is 1. The van der Waals surface area contributed by atoms with Crippen molar-refractivity contribution >= 4 is 64.2 Å². The van der Waals surface area contributed by atoms with E-state index in [9.17, 15) is 29.1 Å². The summed E-state index contributed by atoms with van der Waals surface area (Å²) in [5.41, 5.74) is 1.42. The first kappa shape index (κ1) is 31.8. The number of phenols is 1. The second kappa shape index (κ2) is 13.6. The lowest BCUT2D eigenvalue weighted by Crippen LogP contribution is -2.55. The van der Waals surface area contributed by atoms with E-state index in [1.807, 2.05) is 30.3 Å². The molecule has 0 spiro atoms. The Morgan fingerprint density at radius 3 is 2.29 bits per heavy atom. The van der Waals surface area contributed by atoms with Gasteiger partial charge in [-0.2, -0.15) is 0 Å². The molecule has 3 atom stereocenters. The maximum Gasteiger partial charge on any atom is 0.310 e. The Kier molecular flexibility index (Phi) is 9.57. The molecule has 12 nitrogen and oxygen atoms in total. The van der Waals surface area contributed by atoms with Gasteiger partial charge in [-0.15, -0.1) is 0 Å². The molecule has 4 amide bonds. The van der Waals surface area contributed by atoms with Gasteiger partial charge in [-0.05, 0) is 29.8 Å². The van der Waals surface area contributed by atoms with Crippen molar-refractivity contribution in [2.75, 3.05) is 22.9 Å². The molecule has 234 valence electrons. The van der Waals surface area contributed by atoms with E-state index in [0.29, 0.717) is 5.69 Å². The highest BCUT2D eigenvalue weighted by Crippen LogP contribution is 2.34. The van der Waals surface area contributed by atoms with E-state index >= 15 is 0 Å². The van der Waals surface area contributed by atoms with Crippen LogP contribution in [-0.2, 0) is 35.3 Å². The van der Waals surface area contributed by atoms with Crippen molar-refractivity contribution in [1.29, 1.82) is 0 Å². The van der Waals surface area contributed by atoms with Gasteiger partial charge in [-0.3, -0.25) is 28.9 Å². The van der Waals surface area contributed by atoms with Crippen LogP contribution >= 0.6 is 23.2 Å². The van der Waals surface area contributed by atoms with Crippen LogP contribution in [0, 0.1) is 0 Å². The Morgan fingerprint density at radius 2 is 1.62 bits per heavy atom. The second-order valence-electron chi connectivity index (χ2n) is 10.4. The molecule has 0 saturated carbocycles. The number of fused-ring (bicyclic) bond motifs is 1. The van der Waals surface area contributed by atoms with Gasteiger partial charge >= 0.3 is 5.97 Å². The zero-order valence-electron chi connectivity index (χ0n) is 23.9. The number of anilines is 2. The number of hydrogen-bond acceptors (Lipinski definition) is 8. The first-order valence-corrected chi connectivity index (χ1v) is 14.6. The Morgan fingerprint density at radius 1 is 0.978 bits per heavy atom. The Labute approximate surface area is 267 Å². The molecular formula is C31H28Cl2N4O8. The molecule has 1 unspecified atom stereocenters. The number of phenolic OH excluding ortho intramolecular Hbond substituents is 1. The first-order chi connectivity index (χ1) is 21.5. The monoisotopic (exact) mass is 654 g/mol. The molecule has 3 N–H and O–H groups in total. The fraction of sp³-hybridized carbons (Fsp3) is 0.258. The normalized spacial score (nSPS) is 19.4. The molecule has 0 aliphatic carbocycles. The molecule has 14 heteroatoms. The molecule has 0 radical (unpaired) electrons. The number of halogens is 2. The topological polar surface area (TPSA) is 155 Å². The number of benzene rings is 3. The molecule has 2 aliphatic heterocycles. The molecule has 3 aromatic carbocycles. The van der Waals surface area contributed by atoms with Crippen molar-refractivity contribution < 1.29 is 38.6 Å². The minimum Gasteiger partial charge on any atom is -0.505 e. The molecule has 0 aromatic heterocycles. The Balaban J connectivity index is 1.37. The van der Waals surface area contributed by atoms with Crippen molar-refractivity contribution in [3.05, 3.63) is 87.9 Å². The van der Waals surface area contributed by atoms with Gasteiger partial charge in [0.1, 0.15) is 18.6 Å². The molecule has 3 aromatic rings. The maximum absolute atomic E-state index is 14.0. The number of aromatic hydroxyl groups is 1. The van der Waals surface area contributed by atoms with Crippen LogP contribution in [0.4, 0.5) is 11.4 Å². The van der Waals surface area contributed by atoms with Crippen LogP contribution in [0.5, 0.6) is 5.75 Å². The SMILES string of the molecule is CC(=O)N1C[C@H](NC(=O)c2cc(Cl)c(O)c(Cl)c2)C(=O)N(CC(=O)N[C@H]2CC(=O)OC2OCc2ccccc2)c2ccccc21. The van der Waals surface area contributed by atoms with E-state index in [4.69, 9.17) is 32.7 Å². The van der Waals surface area contributed by atoms with Crippen LogP contribution in [0.25, 0.3) is 0 Å². The van der Waals surface area contributed by atoms with Crippen LogP contribution in [-0.4, -0.2) is 66.2 Å². The average Bonchev–Trinajstić information content (AvgIpc) is 3.32. The standard InChI is InChI=1S/C31H28Cl2N4O8/c1-17(38)36-14-23(35-29(42)19-11-20(32)28(41)21(33)12-19)30(43)37(25-10-6-5-9-24(25)36)15-26(39)34-22-13-27(40)45-31(22)44-16-18-7-3-2-4-8-18/h2-12,22-23,31,41H,13-16H2,1H3,(H,34,39)(H,35,42)/t22-,23-,31?/m0/s1. The average molecular weight is 655 g/mol. The molecule has 2 aliphatic rings. The highest BCUT2D eigenvalue weighted by atomic mass is 35.5. The first-order valence-electron chi connectivity index (χ1n) is 13.8. The fourth-order valence-corrected chi connectivity index (χ4v) is 5.53. The summed E-state index contributed by atoms with van der Waals surface area (Å²) in [6, 6.07) is 16.0. The lowest BCUT2D eigenvalue weighted by molar-refractivity contribution is -0.168. The lowest BCUT2D eigenvalue weighted by Gasteiger charge is -2.26. The summed E-state index contributed by atoms with van der Waals surface area (Å²) in [6.45, 7) is 0.702. The van der Waals surface area contributed by atoms with Gasteiger partial charge in [0.05, 0.1) is 41.0 Å². The highest BCUT2D eigenvalue weighted by molar-refractivity contribution is 6.37. The summed E-state index contributed by atoms with van der Waals surface area (Å²) in [4.78, 5) is 67.9. The van der Waals surface area contributed by atoms with E-state index in [1.54, 1.807) is 24.3 Å². The summed E-state index contributed by atoms with van der Waals surface area (Å²) in [5.74, 6) is -3.43. The molecule has 1 saturated heterocycles. The van der Waals surface area contributed by atoms with E-state index in [-0.39, 0.29) is 40.9 Å². The summed E-state index contributed by atoms with van der Waals surface area (Å²) < 4.78 is 11.0. The van der Waals surface area contributed by atoms with E-state index in [1.165, 1.54) is 24.0 Å². The van der Waals surface area contributed by atoms with Gasteiger partial charge in [0.2, 0.25) is 18.1 Å². The number of esters is 1. The van der Waals surface area contributed by atoms with Gasteiger partial charge in [0.15, 0.2) is 5.75 Å². The summed E-state index contributed by atoms with van der Waals surface area (Å²) in [7, 11) is 0. The van der Waals surface area contributed by atoms with Gasteiger partial charge in [-0.25, -0.2) is 0 Å². The Bertz CT molecular complexity index is 1630. The third-order valence-corrected chi connectivity index (χ3v) is 7.80. The fourth-order valence-electron chi connectivity index (χ4n) is 5.05. The number of ether oxygens (including phenoxy) is 2. The Hall–Kier alpha value is -4.65. The quantitative estimate of drug-likeness (QED) is 0.313. The third-order valence-electron chi connectivity index (χ3n) is 7.23. The number of rotatable bonds is 8. The van der Waals surface area contributed by atoms with Crippen LogP contribution in [0.2, 0.25) is 10.0 Å². The number of nitrogens with one attached hydrogen (secondary N) is 2. The van der Waals surface area contributed by atoms with Crippen molar-refractivity contribution in [1.82, 2.24) is 10.6 Å². The number of hydrogen-bond donors (Lipinski definition) is 3. The number of nitrogens with zero attached hydrogens (tertiary/aromatic N) is 2. The number of carbonyl (C=O) groups is 5. The zero-order valence-corrected chi connectivity index (χ0v) is 25.4. The molecule has 45 heavy (non-hydrogen) atoms. The highest BCUT2D eigenvalue weighted by Gasteiger charge is 2.40. The summed E-state index contributed by atoms with van der Waals surface area (Å²) in [6.07, 6.45) is -1.18. The van der Waals surface area contributed by atoms with E-state index in [0.717, 1.165) is 10.5 Å². The smallest absolute Gasteiger partial charge is 0.310 e. The van der Waals surface area contributed by atoms with Crippen molar-refractivity contribution in [2.24, 2.45) is 0 Å². The molecular weight excluding hydrogens is 627 g/mol. The second-order valence-corrected chi connectivity index (χ2v) is 11.2. The van der Waals surface area contributed by atoms with Gasteiger partial charge in [0, 0.05) is 12.5 Å². The number of para-hydroxylation sites is 2. The molecule has 2 heterocycles.